The van der Waals surface area contributed by atoms with Crippen molar-refractivity contribution in [2.45, 2.75) is 52.6 Å². The molecule has 0 saturated carbocycles. The number of fused-ring (bicyclic) bond motifs is 1. The number of aliphatic hydroxyl groups excluding tert-OH is 1. The van der Waals surface area contributed by atoms with E-state index >= 15 is 0 Å². The van der Waals surface area contributed by atoms with Gasteiger partial charge in [-0.3, -0.25) is 13.9 Å². The Balaban J connectivity index is 1.56. The first-order valence-electron chi connectivity index (χ1n) is 12.5. The van der Waals surface area contributed by atoms with E-state index in [1.165, 1.54) is 6.33 Å². The summed E-state index contributed by atoms with van der Waals surface area (Å²) in [4.78, 5) is 25.1. The average Bonchev–Trinajstić information content (AvgIpc) is 3.46. The smallest absolute Gasteiger partial charge is 0.380 e. The van der Waals surface area contributed by atoms with E-state index in [2.05, 4.69) is 15.0 Å². The molecule has 3 aromatic rings. The van der Waals surface area contributed by atoms with E-state index in [0.29, 0.717) is 16.9 Å². The Morgan fingerprint density at radius 1 is 1.31 bits per heavy atom. The predicted molar refractivity (Wildman–Crippen MR) is 144 cm³/mol. The molecule has 2 unspecified atom stereocenters. The van der Waals surface area contributed by atoms with Crippen LogP contribution in [0.15, 0.2) is 36.7 Å². The summed E-state index contributed by atoms with van der Waals surface area (Å²) in [6.07, 6.45) is -0.985. The maximum absolute atomic E-state index is 14.1. The van der Waals surface area contributed by atoms with Gasteiger partial charge in [-0.15, -0.1) is 0 Å². The van der Waals surface area contributed by atoms with Crippen LogP contribution in [0.3, 0.4) is 0 Å². The minimum Gasteiger partial charge on any atom is -0.465 e. The third-order valence-corrected chi connectivity index (χ3v) is 8.17. The molecule has 5 atom stereocenters. The molecule has 1 aromatic carbocycles. The third-order valence-electron chi connectivity index (χ3n) is 5.92. The number of halogens is 1. The number of nitrogens with two attached hydrogens (primary N) is 1. The summed E-state index contributed by atoms with van der Waals surface area (Å²) in [6, 6.07) is 8.53. The Morgan fingerprint density at radius 3 is 2.69 bits per heavy atom. The number of esters is 1. The molecule has 0 radical (unpaired) electrons. The molecule has 1 fully saturated rings. The molecule has 3 N–H and O–H groups in total. The Labute approximate surface area is 231 Å². The molecule has 12 nitrogen and oxygen atoms in total. The number of hydrogen-bond donors (Lipinski definition) is 2. The molecular weight excluding hydrogens is 549 g/mol. The molecule has 1 saturated heterocycles. The summed E-state index contributed by atoms with van der Waals surface area (Å²) >= 11 is 5.99. The molecule has 4 rings (SSSR count). The van der Waals surface area contributed by atoms with Crippen molar-refractivity contribution >= 4 is 42.1 Å². The van der Waals surface area contributed by atoms with Crippen LogP contribution in [0.4, 0.5) is 5.82 Å². The van der Waals surface area contributed by atoms with Gasteiger partial charge in [0.05, 0.1) is 31.6 Å². The van der Waals surface area contributed by atoms with Crippen LogP contribution in [-0.2, 0) is 23.4 Å². The lowest BCUT2D eigenvalue weighted by Crippen LogP contribution is -2.30. The molecule has 0 amide bonds. The number of anilines is 1. The predicted octanol–water partition coefficient (Wildman–Crippen LogP) is 4.22. The highest BCUT2D eigenvalue weighted by Gasteiger charge is 2.44. The standard InChI is InChI=1S/C25H33ClN5O7P/c1-15(23(33)35-13-25(2,3)4)12-39(34,37-16-8-6-5-7-9-16)38-17-10-19(36-18(17)11-32)31-14-28-20-21(27)29-24(26)30-22(20)31/h5-9,14-15,17-19,32H,10-13H2,1-4H3,(H2,27,29,30)/t15-,17?,18-,19-,39?/m1/s1. The number of benzene rings is 1. The summed E-state index contributed by atoms with van der Waals surface area (Å²) in [7, 11) is -3.97. The molecule has 212 valence electrons. The van der Waals surface area contributed by atoms with Gasteiger partial charge in [0.25, 0.3) is 0 Å². The molecule has 14 heteroatoms. The first-order valence-corrected chi connectivity index (χ1v) is 14.6. The lowest BCUT2D eigenvalue weighted by molar-refractivity contribution is -0.150. The van der Waals surface area contributed by atoms with Gasteiger partial charge in [0.2, 0.25) is 5.28 Å². The van der Waals surface area contributed by atoms with Gasteiger partial charge in [0.1, 0.15) is 29.7 Å². The normalized spacial score (nSPS) is 21.9. The van der Waals surface area contributed by atoms with Crippen LogP contribution in [0, 0.1) is 11.3 Å². The Morgan fingerprint density at radius 2 is 2.03 bits per heavy atom. The zero-order valence-electron chi connectivity index (χ0n) is 22.2. The summed E-state index contributed by atoms with van der Waals surface area (Å²) in [6.45, 7) is 7.24. The Kier molecular flexibility index (Phi) is 8.82. The lowest BCUT2D eigenvalue weighted by Gasteiger charge is -2.26. The first-order chi connectivity index (χ1) is 18.4. The van der Waals surface area contributed by atoms with Crippen molar-refractivity contribution in [1.82, 2.24) is 19.5 Å². The topological polar surface area (TPSA) is 161 Å². The zero-order valence-corrected chi connectivity index (χ0v) is 23.8. The van der Waals surface area contributed by atoms with Crippen molar-refractivity contribution in [3.63, 3.8) is 0 Å². The van der Waals surface area contributed by atoms with Crippen molar-refractivity contribution in [3.8, 4) is 5.75 Å². The minimum absolute atomic E-state index is 0.0562. The van der Waals surface area contributed by atoms with Gasteiger partial charge in [-0.05, 0) is 29.1 Å². The average molecular weight is 582 g/mol. The van der Waals surface area contributed by atoms with E-state index in [0.717, 1.165) is 0 Å². The highest BCUT2D eigenvalue weighted by molar-refractivity contribution is 7.54. The Bertz CT molecular complexity index is 1350. The first kappa shape index (κ1) is 29.2. The van der Waals surface area contributed by atoms with Gasteiger partial charge in [0, 0.05) is 6.42 Å². The summed E-state index contributed by atoms with van der Waals surface area (Å²) in [5.41, 5.74) is 6.37. The van der Waals surface area contributed by atoms with E-state index in [9.17, 15) is 14.5 Å². The van der Waals surface area contributed by atoms with E-state index in [1.807, 2.05) is 20.8 Å². The molecule has 2 aromatic heterocycles. The molecule has 0 spiro atoms. The number of aliphatic hydroxyl groups is 1. The highest BCUT2D eigenvalue weighted by Crippen LogP contribution is 2.53. The van der Waals surface area contributed by atoms with E-state index in [4.69, 9.17) is 35.9 Å². The third kappa shape index (κ3) is 7.26. The fourth-order valence-corrected chi connectivity index (χ4v) is 6.33. The second-order valence-corrected chi connectivity index (χ2v) is 13.0. The fraction of sp³-hybridized carbons (Fsp3) is 0.520. The second kappa shape index (κ2) is 11.8. The molecule has 1 aliphatic heterocycles. The largest absolute Gasteiger partial charge is 0.465 e. The van der Waals surface area contributed by atoms with E-state index in [-0.39, 0.29) is 35.7 Å². The number of carbonyl (C=O) groups is 1. The van der Waals surface area contributed by atoms with Gasteiger partial charge in [-0.1, -0.05) is 45.9 Å². The van der Waals surface area contributed by atoms with Gasteiger partial charge < -0.3 is 24.8 Å². The van der Waals surface area contributed by atoms with Crippen molar-refractivity contribution in [1.29, 1.82) is 0 Å². The molecule has 3 heterocycles. The van der Waals surface area contributed by atoms with Crippen molar-refractivity contribution in [3.05, 3.63) is 41.9 Å². The van der Waals surface area contributed by atoms with Crippen molar-refractivity contribution < 1.29 is 33.0 Å². The van der Waals surface area contributed by atoms with Crippen LogP contribution in [-0.4, -0.2) is 62.2 Å². The van der Waals surface area contributed by atoms with Crippen LogP contribution in [0.25, 0.3) is 11.2 Å². The maximum atomic E-state index is 14.1. The quantitative estimate of drug-likeness (QED) is 0.200. The number of para-hydroxylation sites is 1. The summed E-state index contributed by atoms with van der Waals surface area (Å²) < 4.78 is 39.1. The van der Waals surface area contributed by atoms with E-state index < -0.39 is 44.5 Å². The van der Waals surface area contributed by atoms with Crippen molar-refractivity contribution in [2.75, 3.05) is 25.1 Å². The Hall–Kier alpha value is -2.76. The van der Waals surface area contributed by atoms with Crippen LogP contribution in [0.2, 0.25) is 5.28 Å². The number of hydrogen-bond acceptors (Lipinski definition) is 11. The van der Waals surface area contributed by atoms with E-state index in [1.54, 1.807) is 41.8 Å². The van der Waals surface area contributed by atoms with Crippen molar-refractivity contribution in [2.24, 2.45) is 11.3 Å². The maximum Gasteiger partial charge on any atom is 0.380 e. The molecule has 39 heavy (non-hydrogen) atoms. The van der Waals surface area contributed by atoms with Crippen LogP contribution < -0.4 is 10.3 Å². The van der Waals surface area contributed by atoms with Crippen LogP contribution >= 0.6 is 19.2 Å². The SMILES string of the molecule is C[C@H](CP(=O)(Oc1ccccc1)OC1C[C@H](n2cnc3c(N)nc(Cl)nc32)O[C@@H]1CO)C(=O)OCC(C)(C)C. The van der Waals surface area contributed by atoms with Gasteiger partial charge in [-0.25, -0.2) is 9.55 Å². The molecule has 1 aliphatic rings. The fourth-order valence-electron chi connectivity index (χ4n) is 4.06. The van der Waals surface area contributed by atoms with Gasteiger partial charge in [0.15, 0.2) is 11.5 Å². The monoisotopic (exact) mass is 581 g/mol. The van der Waals surface area contributed by atoms with Gasteiger partial charge >= 0.3 is 13.6 Å². The van der Waals surface area contributed by atoms with Gasteiger partial charge in [-0.2, -0.15) is 9.97 Å². The minimum atomic E-state index is -3.97. The molecule has 0 bridgehead atoms. The number of rotatable bonds is 10. The van der Waals surface area contributed by atoms with Crippen LogP contribution in [0.1, 0.15) is 40.3 Å². The highest BCUT2D eigenvalue weighted by atomic mass is 35.5. The summed E-state index contributed by atoms with van der Waals surface area (Å²) in [5, 5.41) is 10.00. The molecule has 0 aliphatic carbocycles. The number of aromatic nitrogens is 4. The number of nitrogen functional groups attached to an aromatic ring is 1. The number of imidazole rings is 1. The molecular formula is C25H33ClN5O7P. The van der Waals surface area contributed by atoms with Crippen LogP contribution in [0.5, 0.6) is 5.75 Å². The lowest BCUT2D eigenvalue weighted by atomic mass is 9.99. The summed E-state index contributed by atoms with van der Waals surface area (Å²) in [5.74, 6) is -0.869. The zero-order chi connectivity index (χ0) is 28.4. The number of ether oxygens (including phenoxy) is 2. The number of carbonyl (C=O) groups excluding carboxylic acids is 1. The second-order valence-electron chi connectivity index (χ2n) is 10.7. The number of nitrogens with zero attached hydrogens (tertiary/aromatic N) is 4.